The van der Waals surface area contributed by atoms with Crippen molar-refractivity contribution in [2.45, 2.75) is 6.92 Å². The number of aliphatic imine (C=N–C) groups is 1. The zero-order chi connectivity index (χ0) is 14.7. The Morgan fingerprint density at radius 2 is 2.05 bits per heavy atom. The number of hydrogen-bond acceptors (Lipinski definition) is 4. The lowest BCUT2D eigenvalue weighted by Gasteiger charge is -2.01. The van der Waals surface area contributed by atoms with Crippen LogP contribution in [0.15, 0.2) is 41.4 Å². The van der Waals surface area contributed by atoms with Crippen molar-refractivity contribution in [3.63, 3.8) is 0 Å². The van der Waals surface area contributed by atoms with E-state index in [1.807, 2.05) is 25.1 Å². The van der Waals surface area contributed by atoms with Gasteiger partial charge in [-0.25, -0.2) is 0 Å². The van der Waals surface area contributed by atoms with Gasteiger partial charge in [0, 0.05) is 27.5 Å². The molecule has 2 rings (SSSR count). The third-order valence-corrected chi connectivity index (χ3v) is 3.93. The Morgan fingerprint density at radius 3 is 2.70 bits per heavy atom. The lowest BCUT2D eigenvalue weighted by atomic mass is 10.2. The van der Waals surface area contributed by atoms with Crippen LogP contribution in [0.3, 0.4) is 0 Å². The van der Waals surface area contributed by atoms with E-state index in [-0.39, 0.29) is 11.4 Å². The molecule has 0 aliphatic carbocycles. The van der Waals surface area contributed by atoms with Crippen LogP contribution in [0, 0.1) is 20.6 Å². The highest BCUT2D eigenvalue weighted by Gasteiger charge is 2.08. The van der Waals surface area contributed by atoms with Gasteiger partial charge < -0.3 is 5.11 Å². The van der Waals surface area contributed by atoms with E-state index < -0.39 is 4.92 Å². The second-order valence-electron chi connectivity index (χ2n) is 4.19. The van der Waals surface area contributed by atoms with Crippen LogP contribution in [-0.4, -0.2) is 16.2 Å². The molecule has 2 aromatic rings. The van der Waals surface area contributed by atoms with Crippen molar-refractivity contribution >= 4 is 40.2 Å². The van der Waals surface area contributed by atoms with Crippen LogP contribution < -0.4 is 0 Å². The highest BCUT2D eigenvalue weighted by Crippen LogP contribution is 2.23. The average molecular weight is 382 g/mol. The van der Waals surface area contributed by atoms with Crippen LogP contribution in [0.5, 0.6) is 5.75 Å². The van der Waals surface area contributed by atoms with Crippen LogP contribution in [0.2, 0.25) is 0 Å². The molecule has 0 aliphatic heterocycles. The minimum absolute atomic E-state index is 0.0402. The van der Waals surface area contributed by atoms with Crippen LogP contribution in [-0.2, 0) is 0 Å². The molecule has 0 atom stereocenters. The Balaban J connectivity index is 2.33. The Morgan fingerprint density at radius 1 is 1.30 bits per heavy atom. The molecule has 102 valence electrons. The number of phenolic OH excluding ortho intramolecular Hbond substituents is 1. The van der Waals surface area contributed by atoms with Gasteiger partial charge in [-0.2, -0.15) is 0 Å². The summed E-state index contributed by atoms with van der Waals surface area (Å²) in [5.74, 6) is -0.0402. The Labute approximate surface area is 129 Å². The van der Waals surface area contributed by atoms with Crippen LogP contribution >= 0.6 is 22.6 Å². The first-order valence-electron chi connectivity index (χ1n) is 5.75. The highest BCUT2D eigenvalue weighted by atomic mass is 127. The van der Waals surface area contributed by atoms with Gasteiger partial charge in [0.15, 0.2) is 0 Å². The molecule has 5 nitrogen and oxygen atoms in total. The van der Waals surface area contributed by atoms with Crippen molar-refractivity contribution in [2.24, 2.45) is 4.99 Å². The summed E-state index contributed by atoms with van der Waals surface area (Å²) in [4.78, 5) is 14.4. The van der Waals surface area contributed by atoms with E-state index in [1.165, 1.54) is 24.4 Å². The molecule has 0 aromatic heterocycles. The summed E-state index contributed by atoms with van der Waals surface area (Å²) in [5, 5.41) is 20.4. The number of hydrogen-bond donors (Lipinski definition) is 1. The summed E-state index contributed by atoms with van der Waals surface area (Å²) in [6.07, 6.45) is 1.42. The van der Waals surface area contributed by atoms with Crippen molar-refractivity contribution in [3.05, 3.63) is 61.2 Å². The number of halogens is 1. The third-order valence-electron chi connectivity index (χ3n) is 2.72. The molecule has 2 aromatic carbocycles. The number of phenols is 1. The Kier molecular flexibility index (Phi) is 4.33. The minimum Gasteiger partial charge on any atom is -0.507 e. The van der Waals surface area contributed by atoms with Gasteiger partial charge in [-0.1, -0.05) is 0 Å². The lowest BCUT2D eigenvalue weighted by molar-refractivity contribution is -0.384. The largest absolute Gasteiger partial charge is 0.507 e. The van der Waals surface area contributed by atoms with E-state index in [0.29, 0.717) is 5.56 Å². The number of nitro groups is 1. The number of aryl methyl sites for hydroxylation is 1. The molecule has 20 heavy (non-hydrogen) atoms. The molecule has 6 heteroatoms. The molecule has 0 heterocycles. The summed E-state index contributed by atoms with van der Waals surface area (Å²) in [6.45, 7) is 1.98. The third kappa shape index (κ3) is 3.32. The molecule has 0 radical (unpaired) electrons. The molecular weight excluding hydrogens is 371 g/mol. The predicted molar refractivity (Wildman–Crippen MR) is 85.9 cm³/mol. The molecule has 0 saturated carbocycles. The smallest absolute Gasteiger partial charge is 0.270 e. The second-order valence-corrected chi connectivity index (χ2v) is 5.35. The van der Waals surface area contributed by atoms with E-state index >= 15 is 0 Å². The fourth-order valence-corrected chi connectivity index (χ4v) is 1.95. The van der Waals surface area contributed by atoms with Gasteiger partial charge in [-0.3, -0.25) is 15.1 Å². The van der Waals surface area contributed by atoms with Gasteiger partial charge in [-0.15, -0.1) is 0 Å². The number of nitrogens with zero attached hydrogens (tertiary/aromatic N) is 2. The maximum atomic E-state index is 10.7. The van der Waals surface area contributed by atoms with Gasteiger partial charge >= 0.3 is 0 Å². The summed E-state index contributed by atoms with van der Waals surface area (Å²) < 4.78 is 1.14. The number of non-ortho nitro benzene ring substituents is 1. The van der Waals surface area contributed by atoms with E-state index in [1.54, 1.807) is 0 Å². The molecule has 0 bridgehead atoms. The van der Waals surface area contributed by atoms with Crippen molar-refractivity contribution in [1.82, 2.24) is 0 Å². The molecule has 0 unspecified atom stereocenters. The van der Waals surface area contributed by atoms with Crippen molar-refractivity contribution < 1.29 is 10.0 Å². The van der Waals surface area contributed by atoms with Crippen LogP contribution in [0.25, 0.3) is 0 Å². The Hall–Kier alpha value is -1.96. The maximum absolute atomic E-state index is 10.7. The van der Waals surface area contributed by atoms with Crippen molar-refractivity contribution in [3.8, 4) is 5.75 Å². The van der Waals surface area contributed by atoms with Crippen molar-refractivity contribution in [2.75, 3.05) is 0 Å². The van der Waals surface area contributed by atoms with Gasteiger partial charge in [0.1, 0.15) is 5.75 Å². The quantitative estimate of drug-likeness (QED) is 0.378. The average Bonchev–Trinajstić information content (AvgIpc) is 2.41. The van der Waals surface area contributed by atoms with E-state index in [2.05, 4.69) is 27.6 Å². The fourth-order valence-electron chi connectivity index (χ4n) is 1.61. The molecule has 0 amide bonds. The molecule has 0 aliphatic rings. The SMILES string of the molecule is Cc1cc(N=Cc2cc([N+](=O)[O-])ccc2O)ccc1I. The normalized spacial score (nSPS) is 10.9. The summed E-state index contributed by atoms with van der Waals surface area (Å²) in [5.41, 5.74) is 2.07. The van der Waals surface area contributed by atoms with E-state index in [0.717, 1.165) is 14.8 Å². The monoisotopic (exact) mass is 382 g/mol. The van der Waals surface area contributed by atoms with Gasteiger partial charge in [-0.05, 0) is 59.3 Å². The second kappa shape index (κ2) is 6.00. The Bertz CT molecular complexity index is 699. The molecular formula is C14H11IN2O3. The number of aromatic hydroxyl groups is 1. The zero-order valence-corrected chi connectivity index (χ0v) is 12.7. The molecule has 0 fully saturated rings. The van der Waals surface area contributed by atoms with Crippen LogP contribution in [0.4, 0.5) is 11.4 Å². The molecule has 1 N–H and O–H groups in total. The predicted octanol–water partition coefficient (Wildman–Crippen LogP) is 3.96. The van der Waals surface area contributed by atoms with E-state index in [9.17, 15) is 15.2 Å². The zero-order valence-electron chi connectivity index (χ0n) is 10.6. The fraction of sp³-hybridized carbons (Fsp3) is 0.0714. The summed E-state index contributed by atoms with van der Waals surface area (Å²) >= 11 is 2.23. The van der Waals surface area contributed by atoms with Crippen molar-refractivity contribution in [1.29, 1.82) is 0 Å². The molecule has 0 spiro atoms. The van der Waals surface area contributed by atoms with Gasteiger partial charge in [0.05, 0.1) is 10.6 Å². The van der Waals surface area contributed by atoms with E-state index in [4.69, 9.17) is 0 Å². The minimum atomic E-state index is -0.508. The van der Waals surface area contributed by atoms with Crippen LogP contribution in [0.1, 0.15) is 11.1 Å². The number of benzene rings is 2. The number of nitro benzene ring substituents is 1. The highest BCUT2D eigenvalue weighted by molar-refractivity contribution is 14.1. The molecule has 0 saturated heterocycles. The standard InChI is InChI=1S/C14H11IN2O3/c1-9-6-11(2-4-13(9)15)16-8-10-7-12(17(19)20)3-5-14(10)18/h2-8,18H,1H3. The summed E-state index contributed by atoms with van der Waals surface area (Å²) in [6, 6.07) is 9.53. The maximum Gasteiger partial charge on any atom is 0.270 e. The first kappa shape index (κ1) is 14.4. The number of rotatable bonds is 3. The topological polar surface area (TPSA) is 75.7 Å². The van der Waals surface area contributed by atoms with Gasteiger partial charge in [0.25, 0.3) is 5.69 Å². The summed E-state index contributed by atoms with van der Waals surface area (Å²) in [7, 11) is 0. The lowest BCUT2D eigenvalue weighted by Crippen LogP contribution is -1.90. The van der Waals surface area contributed by atoms with Gasteiger partial charge in [0.2, 0.25) is 0 Å². The first-order chi connectivity index (χ1) is 9.47. The first-order valence-corrected chi connectivity index (χ1v) is 6.83.